The van der Waals surface area contributed by atoms with Gasteiger partial charge in [0.05, 0.1) is 36.6 Å². The molecule has 0 spiro atoms. The summed E-state index contributed by atoms with van der Waals surface area (Å²) in [5.41, 5.74) is 14.6. The summed E-state index contributed by atoms with van der Waals surface area (Å²) in [6.45, 7) is 38.2. The van der Waals surface area contributed by atoms with E-state index in [4.69, 9.17) is 67.6 Å². The molecule has 0 unspecified atom stereocenters. The standard InChI is InChI=1S/C17H17ClN4O2.C11H13ClN2S.C9H14O4.C8H10N2O4.C8H12N2O2.C8H11NO2.C7H10N2O3.C5H8O3.C5H10O.ClH.H3NO/c1-9(2)15-13-14(21-24-15)16(23)22-8-7-12(19-17(22)20-13)10-3-5-11(18)6-4-10;1-15-11-13-7-6-10(14-11)8-2-4-9(12)5-3-8;1-4-13-9(12)8(11)5-7(10)6(2)3;1-4(2)8-7(10(12)13)6(5(3)11)9-14-8;1-4(2)8-6(9)7(5(3)11)10-12-8;1-5(2)8-4-7(6(3)10)9-11-8;1-3(2)6-4(8)5(7(10)11)9-12-6;1-3-8-5(7)4(2)6;1-4(2)5(3)6;;1-2/h3-6,9,12H,7-8H2,1-2H3,(H,19,20);2-5,10H,6-7H2,1H3,(H,13,14);6H,4-5H2,1-3H3;4H,1-3H3;4H,9H2,1-3H3;4-5H,1-3H3;3H,8H2,1-2H3,(H,10,11);3H2,1-2H3;4H,1-3H3;1H;2H,1H2/t12-;10-;;;;;;;;;/m11........./s1. The second kappa shape index (κ2) is 53.5. The number of nitrogens with one attached hydrogen (secondary N) is 2. The van der Waals surface area contributed by atoms with Crippen molar-refractivity contribution in [2.45, 2.75) is 213 Å². The highest BCUT2D eigenvalue weighted by Gasteiger charge is 2.32. The summed E-state index contributed by atoms with van der Waals surface area (Å²) in [7, 11) is 0. The lowest BCUT2D eigenvalue weighted by molar-refractivity contribution is -0.386. The molecule has 0 saturated carbocycles. The van der Waals surface area contributed by atoms with Gasteiger partial charge in [-0.25, -0.2) is 25.3 Å². The van der Waals surface area contributed by atoms with E-state index in [1.165, 1.54) is 33.3 Å². The Morgan fingerprint density at radius 2 is 1.04 bits per heavy atom. The summed E-state index contributed by atoms with van der Waals surface area (Å²) in [6.07, 6.45) is 3.52. The number of rotatable bonds is 20. The van der Waals surface area contributed by atoms with Crippen molar-refractivity contribution in [1.82, 2.24) is 40.7 Å². The first kappa shape index (κ1) is 107. The number of fused-ring (bicyclic) bond motifs is 2. The highest BCUT2D eigenvalue weighted by molar-refractivity contribution is 8.13. The number of aromatic carboxylic acids is 1. The van der Waals surface area contributed by atoms with Gasteiger partial charge >= 0.3 is 23.6 Å². The first-order valence-corrected chi connectivity index (χ1v) is 38.8. The predicted octanol–water partition coefficient (Wildman–Crippen LogP) is 15.2. The van der Waals surface area contributed by atoms with Crippen LogP contribution in [0.3, 0.4) is 0 Å². The maximum absolute atomic E-state index is 12.6. The number of hydrogen-bond donors (Lipinski definition) is 7. The molecule has 8 heterocycles. The van der Waals surface area contributed by atoms with Crippen molar-refractivity contribution in [3.8, 4) is 0 Å². The van der Waals surface area contributed by atoms with Crippen molar-refractivity contribution in [1.29, 1.82) is 0 Å². The van der Waals surface area contributed by atoms with Gasteiger partial charge in [-0.2, -0.15) is 0 Å². The topological polar surface area (TPSA) is 552 Å². The van der Waals surface area contributed by atoms with Gasteiger partial charge in [0.2, 0.25) is 34.7 Å². The van der Waals surface area contributed by atoms with Gasteiger partial charge in [0.25, 0.3) is 5.56 Å². The number of hydrogen-bond acceptors (Lipinski definition) is 34. The Labute approximate surface area is 703 Å². The highest BCUT2D eigenvalue weighted by Crippen LogP contribution is 2.33. The van der Waals surface area contributed by atoms with Gasteiger partial charge in [-0.05, 0) is 75.3 Å². The van der Waals surface area contributed by atoms with E-state index >= 15 is 0 Å². The first-order valence-electron chi connectivity index (χ1n) is 36.8. The lowest BCUT2D eigenvalue weighted by atomic mass is 10.0. The summed E-state index contributed by atoms with van der Waals surface area (Å²) in [4.78, 5) is 138. The normalized spacial score (nSPS) is 12.7. The Bertz CT molecular complexity index is 4630. The summed E-state index contributed by atoms with van der Waals surface area (Å²) >= 11 is 13.5. The molecule has 2 aliphatic rings. The molecular formula is C78H109Cl3N14O22S. The molecule has 10 N–H and O–H groups in total. The number of ether oxygens (including phenoxy) is 2. The number of carboxylic acid groups (broad SMARTS) is 1. The van der Waals surface area contributed by atoms with E-state index in [2.05, 4.69) is 73.9 Å². The number of esters is 2. The van der Waals surface area contributed by atoms with Crippen molar-refractivity contribution in [2.75, 3.05) is 42.8 Å². The average Bonchev–Trinajstić information content (AvgIpc) is 1.46. The minimum absolute atomic E-state index is 0. The molecular weight excluding hydrogens is 1620 g/mol. The number of nitrogens with two attached hydrogens (primary N) is 3. The number of carboxylic acids is 1. The quantitative estimate of drug-likeness (QED) is 0.00930. The van der Waals surface area contributed by atoms with Crippen molar-refractivity contribution >= 4 is 145 Å². The second-order valence-electron chi connectivity index (χ2n) is 27.6. The number of amidine groups is 1. The molecule has 0 saturated heterocycles. The number of aromatic nitrogens is 7. The number of anilines is 3. The maximum Gasteiger partial charge on any atom is 0.375 e. The van der Waals surface area contributed by atoms with Crippen LogP contribution in [0.2, 0.25) is 10.0 Å². The number of benzene rings is 2. The molecule has 0 radical (unpaired) electrons. The first-order chi connectivity index (χ1) is 54.8. The Balaban J connectivity index is 0.00000133. The van der Waals surface area contributed by atoms with Crippen molar-refractivity contribution in [2.24, 2.45) is 22.7 Å². The number of halogens is 3. The van der Waals surface area contributed by atoms with Crippen LogP contribution in [0.4, 0.5) is 23.0 Å². The van der Waals surface area contributed by atoms with Crippen LogP contribution in [0, 0.1) is 22.0 Å². The number of carbonyl (C=O) groups is 10. The molecule has 2 aliphatic heterocycles. The van der Waals surface area contributed by atoms with Crippen molar-refractivity contribution < 1.29 is 95.3 Å². The molecule has 2 aromatic carbocycles. The maximum atomic E-state index is 12.6. The third-order valence-corrected chi connectivity index (χ3v) is 17.1. The minimum atomic E-state index is -1.16. The van der Waals surface area contributed by atoms with E-state index in [1.54, 1.807) is 70.9 Å². The van der Waals surface area contributed by atoms with E-state index in [-0.39, 0.29) is 142 Å². The van der Waals surface area contributed by atoms with Crippen LogP contribution in [0.15, 0.2) is 87.0 Å². The second-order valence-corrected chi connectivity index (χ2v) is 29.2. The lowest BCUT2D eigenvalue weighted by Crippen LogP contribution is -2.32. The summed E-state index contributed by atoms with van der Waals surface area (Å²) < 4.78 is 35.1. The highest BCUT2D eigenvalue weighted by atomic mass is 35.5. The molecule has 2 atom stereocenters. The van der Waals surface area contributed by atoms with Crippen LogP contribution in [0.1, 0.15) is 288 Å². The van der Waals surface area contributed by atoms with Gasteiger partial charge < -0.3 is 64.5 Å². The van der Waals surface area contributed by atoms with Crippen LogP contribution < -0.4 is 33.6 Å². The zero-order valence-electron chi connectivity index (χ0n) is 70.2. The number of nitrogen functional groups attached to an aromatic ring is 2. The van der Waals surface area contributed by atoms with E-state index in [0.29, 0.717) is 63.3 Å². The molecule has 40 heteroatoms. The molecule has 0 bridgehead atoms. The van der Waals surface area contributed by atoms with Crippen LogP contribution >= 0.6 is 47.4 Å². The summed E-state index contributed by atoms with van der Waals surface area (Å²) in [5.74, 6) is 2.21. The predicted molar refractivity (Wildman–Crippen MR) is 447 cm³/mol. The Hall–Kier alpha value is -10.9. The van der Waals surface area contributed by atoms with Crippen molar-refractivity contribution in [3.05, 3.63) is 148 Å². The molecule has 8 aromatic rings. The van der Waals surface area contributed by atoms with Gasteiger partial charge in [0.15, 0.2) is 51.0 Å². The van der Waals surface area contributed by atoms with Gasteiger partial charge in [0, 0.05) is 98.3 Å². The van der Waals surface area contributed by atoms with Crippen molar-refractivity contribution in [3.63, 3.8) is 0 Å². The summed E-state index contributed by atoms with van der Waals surface area (Å²) in [6, 6.07) is 17.9. The number of Topliss-reactive ketones (excluding diaryl/α,β-unsaturated/α-hetero) is 7. The fraction of sp³-hybridized carbons (Fsp3) is 0.487. The Morgan fingerprint density at radius 1 is 0.602 bits per heavy atom. The lowest BCUT2D eigenvalue weighted by Gasteiger charge is -2.27. The number of nitrogens with zero attached hydrogens (tertiary/aromatic N) is 9. The third-order valence-electron chi connectivity index (χ3n) is 15.9. The molecule has 650 valence electrons. The molecule has 118 heavy (non-hydrogen) atoms. The number of ketones is 7. The zero-order chi connectivity index (χ0) is 89.6. The van der Waals surface area contributed by atoms with Gasteiger partial charge in [0.1, 0.15) is 39.9 Å². The molecule has 0 amide bonds. The minimum Gasteiger partial charge on any atom is -0.476 e. The fourth-order valence-electron chi connectivity index (χ4n) is 9.25. The SMILES string of the molecule is CC(=O)C(C)C.CC(=O)c1cc(C(C)C)on1.CC(=O)c1noc(C(C)C)c1N.CC(=O)c1noc(C(C)C)c1[N+](=O)[O-].CC(C)c1onc(C(=O)O)c1N.CC(C)c1onc2c(=O)n3c(nc12)N[C@@H](c1ccc(Cl)cc1)CC3.CCOC(=O)C(=O)CC(=O)C(C)C.CCOC(=O)C(C)=O.CSC1=NCC[C@H](c2ccc(Cl)cc2)N1.Cl.NO. The van der Waals surface area contributed by atoms with E-state index in [0.717, 1.165) is 40.9 Å². The third kappa shape index (κ3) is 34.8. The number of nitro groups is 1. The van der Waals surface area contributed by atoms with Crippen LogP contribution in [-0.4, -0.2) is 140 Å². The van der Waals surface area contributed by atoms with E-state index in [1.807, 2.05) is 112 Å². The monoisotopic (exact) mass is 1730 g/mol. The smallest absolute Gasteiger partial charge is 0.375 e. The average molecular weight is 1730 g/mol. The van der Waals surface area contributed by atoms with Gasteiger partial charge in [-0.15, -0.1) is 12.4 Å². The van der Waals surface area contributed by atoms with E-state index < -0.39 is 40.2 Å². The number of thioether (sulfide) groups is 1. The fourth-order valence-corrected chi connectivity index (χ4v) is 9.98. The van der Waals surface area contributed by atoms with Gasteiger partial charge in [-0.1, -0.05) is 182 Å². The molecule has 6 aromatic heterocycles. The Kier molecular flexibility index (Phi) is 48.5. The largest absolute Gasteiger partial charge is 0.476 e. The molecule has 0 aliphatic carbocycles. The molecule has 10 rings (SSSR count). The zero-order valence-corrected chi connectivity index (χ0v) is 73.4. The van der Waals surface area contributed by atoms with Crippen LogP contribution in [0.25, 0.3) is 11.0 Å². The van der Waals surface area contributed by atoms with Crippen LogP contribution in [-0.2, 0) is 44.8 Å². The number of aliphatic imine (C=N–C) groups is 1. The molecule has 36 nitrogen and oxygen atoms in total. The summed E-state index contributed by atoms with van der Waals surface area (Å²) in [5, 5.41) is 52.9. The van der Waals surface area contributed by atoms with Gasteiger partial charge in [-0.3, -0.25) is 58.0 Å². The Morgan fingerprint density at radius 3 is 1.40 bits per heavy atom. The van der Waals surface area contributed by atoms with E-state index in [9.17, 15) is 62.9 Å². The molecule has 0 fully saturated rings. The van der Waals surface area contributed by atoms with Crippen LogP contribution in [0.5, 0.6) is 0 Å². The number of carbonyl (C=O) groups excluding carboxylic acids is 9.